The standard InChI is InChI=1S/C13H10N2O2S2/c16-19(17,12-4-2-1-3-5-12)15-11-6-7-13-10(8-11)9-14-18-13/h1-9,15H. The molecule has 0 saturated carbocycles. The molecule has 2 aromatic carbocycles. The van der Waals surface area contributed by atoms with Crippen molar-refractivity contribution in [1.29, 1.82) is 0 Å². The van der Waals surface area contributed by atoms with Gasteiger partial charge in [-0.3, -0.25) is 4.72 Å². The average molecular weight is 290 g/mol. The normalized spacial score (nSPS) is 11.6. The summed E-state index contributed by atoms with van der Waals surface area (Å²) in [4.78, 5) is 0.249. The summed E-state index contributed by atoms with van der Waals surface area (Å²) in [5, 5.41) is 0.929. The summed E-state index contributed by atoms with van der Waals surface area (Å²) in [7, 11) is -3.53. The van der Waals surface area contributed by atoms with Crippen molar-refractivity contribution in [3.8, 4) is 0 Å². The maximum atomic E-state index is 12.2. The van der Waals surface area contributed by atoms with E-state index in [0.717, 1.165) is 10.1 Å². The van der Waals surface area contributed by atoms with Crippen LogP contribution < -0.4 is 4.72 Å². The van der Waals surface area contributed by atoms with Crippen LogP contribution in [0.2, 0.25) is 0 Å². The Kier molecular flexibility index (Phi) is 2.96. The van der Waals surface area contributed by atoms with Crippen LogP contribution in [-0.2, 0) is 10.0 Å². The zero-order valence-electron chi connectivity index (χ0n) is 9.78. The van der Waals surface area contributed by atoms with Gasteiger partial charge in [0.1, 0.15) is 0 Å². The van der Waals surface area contributed by atoms with E-state index in [-0.39, 0.29) is 4.90 Å². The molecular weight excluding hydrogens is 280 g/mol. The van der Waals surface area contributed by atoms with Crippen LogP contribution in [0.1, 0.15) is 0 Å². The lowest BCUT2D eigenvalue weighted by molar-refractivity contribution is 0.601. The third kappa shape index (κ3) is 2.45. The van der Waals surface area contributed by atoms with Crippen LogP contribution in [0.3, 0.4) is 0 Å². The first-order valence-electron chi connectivity index (χ1n) is 5.57. The molecular formula is C13H10N2O2S2. The quantitative estimate of drug-likeness (QED) is 0.806. The highest BCUT2D eigenvalue weighted by Crippen LogP contribution is 2.23. The van der Waals surface area contributed by atoms with Crippen molar-refractivity contribution in [1.82, 2.24) is 4.37 Å². The highest BCUT2D eigenvalue weighted by atomic mass is 32.2. The van der Waals surface area contributed by atoms with E-state index >= 15 is 0 Å². The first-order valence-corrected chi connectivity index (χ1v) is 7.83. The van der Waals surface area contributed by atoms with Gasteiger partial charge in [-0.05, 0) is 41.9 Å². The fourth-order valence-electron chi connectivity index (χ4n) is 1.75. The monoisotopic (exact) mass is 290 g/mol. The van der Waals surface area contributed by atoms with Gasteiger partial charge in [0.15, 0.2) is 0 Å². The Labute approximate surface area is 114 Å². The molecule has 0 aliphatic heterocycles. The Bertz CT molecular complexity index is 811. The van der Waals surface area contributed by atoms with Crippen molar-refractivity contribution in [3.63, 3.8) is 0 Å². The molecule has 0 radical (unpaired) electrons. The van der Waals surface area contributed by atoms with Gasteiger partial charge >= 0.3 is 0 Å². The van der Waals surface area contributed by atoms with E-state index < -0.39 is 10.0 Å². The molecule has 1 heterocycles. The minimum atomic E-state index is -3.53. The number of nitrogens with one attached hydrogen (secondary N) is 1. The van der Waals surface area contributed by atoms with Crippen LogP contribution in [0.25, 0.3) is 10.1 Å². The number of anilines is 1. The Hall–Kier alpha value is -1.92. The van der Waals surface area contributed by atoms with Gasteiger partial charge in [0, 0.05) is 17.3 Å². The Balaban J connectivity index is 1.96. The van der Waals surface area contributed by atoms with Crippen LogP contribution in [0.4, 0.5) is 5.69 Å². The number of fused-ring (bicyclic) bond motifs is 1. The Morgan fingerprint density at radius 1 is 1.05 bits per heavy atom. The second-order valence-corrected chi connectivity index (χ2v) is 6.51. The molecule has 4 nitrogen and oxygen atoms in total. The predicted octanol–water partition coefficient (Wildman–Crippen LogP) is 3.10. The molecule has 0 amide bonds. The lowest BCUT2D eigenvalue weighted by atomic mass is 10.2. The van der Waals surface area contributed by atoms with E-state index in [1.54, 1.807) is 48.7 Å². The van der Waals surface area contributed by atoms with Crippen LogP contribution >= 0.6 is 11.5 Å². The van der Waals surface area contributed by atoms with Gasteiger partial charge in [-0.25, -0.2) is 8.42 Å². The molecule has 1 N–H and O–H groups in total. The third-order valence-corrected chi connectivity index (χ3v) is 4.83. The molecule has 0 fully saturated rings. The Morgan fingerprint density at radius 2 is 1.84 bits per heavy atom. The summed E-state index contributed by atoms with van der Waals surface area (Å²) in [5.74, 6) is 0. The van der Waals surface area contributed by atoms with Crippen LogP contribution in [0.5, 0.6) is 0 Å². The maximum Gasteiger partial charge on any atom is 0.261 e. The Morgan fingerprint density at radius 3 is 2.63 bits per heavy atom. The number of aromatic nitrogens is 1. The van der Waals surface area contributed by atoms with E-state index in [1.165, 1.54) is 11.5 Å². The smallest absolute Gasteiger partial charge is 0.261 e. The molecule has 1 aromatic heterocycles. The second-order valence-electron chi connectivity index (χ2n) is 4.00. The third-order valence-electron chi connectivity index (χ3n) is 2.66. The van der Waals surface area contributed by atoms with Crippen LogP contribution in [0.15, 0.2) is 59.6 Å². The number of sulfonamides is 1. The zero-order valence-corrected chi connectivity index (χ0v) is 11.4. The largest absolute Gasteiger partial charge is 0.280 e. The summed E-state index contributed by atoms with van der Waals surface area (Å²) in [6, 6.07) is 13.7. The number of hydrogen-bond acceptors (Lipinski definition) is 4. The molecule has 0 unspecified atom stereocenters. The average Bonchev–Trinajstić information content (AvgIpc) is 2.87. The molecule has 0 aliphatic carbocycles. The molecule has 3 rings (SSSR count). The van der Waals surface area contributed by atoms with Gasteiger partial charge in [-0.2, -0.15) is 4.37 Å². The van der Waals surface area contributed by atoms with Crippen molar-refractivity contribution >= 4 is 37.3 Å². The number of hydrogen-bond donors (Lipinski definition) is 1. The first-order chi connectivity index (χ1) is 9.15. The van der Waals surface area contributed by atoms with Gasteiger partial charge in [-0.15, -0.1) is 0 Å². The lowest BCUT2D eigenvalue weighted by Crippen LogP contribution is -2.12. The minimum Gasteiger partial charge on any atom is -0.280 e. The summed E-state index contributed by atoms with van der Waals surface area (Å²) in [5.41, 5.74) is 0.538. The summed E-state index contributed by atoms with van der Waals surface area (Å²) < 4.78 is 32.0. The maximum absolute atomic E-state index is 12.2. The molecule has 19 heavy (non-hydrogen) atoms. The van der Waals surface area contributed by atoms with Gasteiger partial charge in [-0.1, -0.05) is 18.2 Å². The highest BCUT2D eigenvalue weighted by Gasteiger charge is 2.13. The van der Waals surface area contributed by atoms with Crippen molar-refractivity contribution in [2.75, 3.05) is 4.72 Å². The van der Waals surface area contributed by atoms with Gasteiger partial charge in [0.25, 0.3) is 10.0 Å². The lowest BCUT2D eigenvalue weighted by Gasteiger charge is -2.07. The summed E-state index contributed by atoms with van der Waals surface area (Å²) in [6.45, 7) is 0. The topological polar surface area (TPSA) is 59.1 Å². The summed E-state index contributed by atoms with van der Waals surface area (Å²) >= 11 is 1.38. The van der Waals surface area contributed by atoms with E-state index in [9.17, 15) is 8.42 Å². The van der Waals surface area contributed by atoms with Crippen molar-refractivity contribution in [2.45, 2.75) is 4.90 Å². The van der Waals surface area contributed by atoms with Gasteiger partial charge in [0.2, 0.25) is 0 Å². The van der Waals surface area contributed by atoms with E-state index in [0.29, 0.717) is 5.69 Å². The molecule has 6 heteroatoms. The van der Waals surface area contributed by atoms with Crippen LogP contribution in [0, 0.1) is 0 Å². The SMILES string of the molecule is O=S(=O)(Nc1ccc2sncc2c1)c1ccccc1. The van der Waals surface area contributed by atoms with Gasteiger partial charge in [0.05, 0.1) is 9.60 Å². The molecule has 3 aromatic rings. The predicted molar refractivity (Wildman–Crippen MR) is 76.9 cm³/mol. The minimum absolute atomic E-state index is 0.249. The first kappa shape index (κ1) is 12.1. The molecule has 0 atom stereocenters. The number of nitrogens with zero attached hydrogens (tertiary/aromatic N) is 1. The van der Waals surface area contributed by atoms with Gasteiger partial charge < -0.3 is 0 Å². The molecule has 0 spiro atoms. The van der Waals surface area contributed by atoms with E-state index in [1.807, 2.05) is 6.07 Å². The van der Waals surface area contributed by atoms with Crippen LogP contribution in [-0.4, -0.2) is 12.8 Å². The molecule has 0 aliphatic rings. The molecule has 0 saturated heterocycles. The number of benzene rings is 2. The number of rotatable bonds is 3. The fourth-order valence-corrected chi connectivity index (χ4v) is 3.45. The molecule has 96 valence electrons. The highest BCUT2D eigenvalue weighted by molar-refractivity contribution is 7.92. The second kappa shape index (κ2) is 4.64. The van der Waals surface area contributed by atoms with Crippen molar-refractivity contribution in [2.24, 2.45) is 0 Å². The summed E-state index contributed by atoms with van der Waals surface area (Å²) in [6.07, 6.45) is 1.72. The van der Waals surface area contributed by atoms with E-state index in [4.69, 9.17) is 0 Å². The van der Waals surface area contributed by atoms with Crippen molar-refractivity contribution < 1.29 is 8.42 Å². The molecule has 0 bridgehead atoms. The van der Waals surface area contributed by atoms with E-state index in [2.05, 4.69) is 9.10 Å². The van der Waals surface area contributed by atoms with Crippen molar-refractivity contribution in [3.05, 3.63) is 54.7 Å². The zero-order chi connectivity index (χ0) is 13.3. The fraction of sp³-hybridized carbons (Fsp3) is 0.